The van der Waals surface area contributed by atoms with Crippen LogP contribution in [0, 0.1) is 6.92 Å². The first-order valence-corrected chi connectivity index (χ1v) is 12.1. The summed E-state index contributed by atoms with van der Waals surface area (Å²) >= 11 is 1.65. The zero-order valence-electron chi connectivity index (χ0n) is 18.3. The van der Waals surface area contributed by atoms with Gasteiger partial charge in [-0.3, -0.25) is 4.68 Å². The lowest BCUT2D eigenvalue weighted by Crippen LogP contribution is -2.25. The average Bonchev–Trinajstić information content (AvgIpc) is 3.44. The minimum atomic E-state index is 0.354. The molecule has 0 bridgehead atoms. The third-order valence-corrected chi connectivity index (χ3v) is 6.79. The van der Waals surface area contributed by atoms with E-state index in [0.717, 1.165) is 42.4 Å². The number of ether oxygens (including phenoxy) is 1. The molecule has 0 amide bonds. The maximum atomic E-state index is 5.87. The van der Waals surface area contributed by atoms with Crippen LogP contribution in [0.5, 0.6) is 5.75 Å². The summed E-state index contributed by atoms with van der Waals surface area (Å²) in [6, 6.07) is 19.3. The van der Waals surface area contributed by atoms with Gasteiger partial charge in [0.25, 0.3) is 0 Å². The Labute approximate surface area is 193 Å². The number of thiazole rings is 1. The number of rotatable bonds is 8. The van der Waals surface area contributed by atoms with Gasteiger partial charge in [-0.1, -0.05) is 42.5 Å². The van der Waals surface area contributed by atoms with Crippen LogP contribution < -0.4 is 10.1 Å². The Morgan fingerprint density at radius 2 is 1.94 bits per heavy atom. The van der Waals surface area contributed by atoms with Gasteiger partial charge in [-0.2, -0.15) is 5.10 Å². The van der Waals surface area contributed by atoms with Crippen molar-refractivity contribution in [2.45, 2.75) is 51.9 Å². The van der Waals surface area contributed by atoms with E-state index in [1.165, 1.54) is 28.8 Å². The number of nitrogens with zero attached hydrogens (tertiary/aromatic N) is 3. The van der Waals surface area contributed by atoms with E-state index in [0.29, 0.717) is 12.6 Å². The van der Waals surface area contributed by atoms with Crippen LogP contribution in [0.3, 0.4) is 0 Å². The molecule has 1 unspecified atom stereocenters. The zero-order valence-corrected chi connectivity index (χ0v) is 19.1. The lowest BCUT2D eigenvalue weighted by Gasteiger charge is -2.24. The molecule has 0 saturated carbocycles. The van der Waals surface area contributed by atoms with Gasteiger partial charge in [-0.05, 0) is 49.4 Å². The van der Waals surface area contributed by atoms with E-state index in [4.69, 9.17) is 9.84 Å². The van der Waals surface area contributed by atoms with Crippen LogP contribution in [0.4, 0.5) is 0 Å². The second-order valence-corrected chi connectivity index (χ2v) is 9.37. The standard InChI is InChI=1S/C26H28N4OS/c1-19-29-22(18-32-19)17-31-23-12-10-20(11-13-23)14-27-25-8-5-9-26-24(25)15-28-30(26)16-21-6-3-2-4-7-21/h2-4,6-7,10-13,15,18,25,27H,5,8-9,14,16-17H2,1H3. The fourth-order valence-corrected chi connectivity index (χ4v) is 4.90. The summed E-state index contributed by atoms with van der Waals surface area (Å²) in [4.78, 5) is 4.44. The van der Waals surface area contributed by atoms with Crippen molar-refractivity contribution in [2.75, 3.05) is 0 Å². The summed E-state index contributed by atoms with van der Waals surface area (Å²) in [5.41, 5.74) is 6.26. The van der Waals surface area contributed by atoms with Gasteiger partial charge in [0.15, 0.2) is 0 Å². The van der Waals surface area contributed by atoms with Gasteiger partial charge in [0, 0.05) is 29.2 Å². The minimum absolute atomic E-state index is 0.354. The van der Waals surface area contributed by atoms with E-state index in [1.807, 2.05) is 24.4 Å². The molecule has 0 fully saturated rings. The average molecular weight is 445 g/mol. The van der Waals surface area contributed by atoms with Crippen molar-refractivity contribution < 1.29 is 4.74 Å². The van der Waals surface area contributed by atoms with E-state index in [-0.39, 0.29) is 0 Å². The van der Waals surface area contributed by atoms with Gasteiger partial charge in [-0.25, -0.2) is 4.98 Å². The predicted molar refractivity (Wildman–Crippen MR) is 128 cm³/mol. The third kappa shape index (κ3) is 4.92. The first kappa shape index (κ1) is 20.9. The van der Waals surface area contributed by atoms with Gasteiger partial charge in [0.05, 0.1) is 23.4 Å². The molecular formula is C26H28N4OS. The quantitative estimate of drug-likeness (QED) is 0.393. The molecule has 0 aliphatic heterocycles. The zero-order chi connectivity index (χ0) is 21.8. The summed E-state index contributed by atoms with van der Waals surface area (Å²) in [7, 11) is 0. The smallest absolute Gasteiger partial charge is 0.131 e. The molecular weight excluding hydrogens is 416 g/mol. The van der Waals surface area contributed by atoms with Crippen molar-refractivity contribution in [2.24, 2.45) is 0 Å². The van der Waals surface area contributed by atoms with Crippen LogP contribution in [0.1, 0.15) is 52.0 Å². The topological polar surface area (TPSA) is 52.0 Å². The Balaban J connectivity index is 1.18. The highest BCUT2D eigenvalue weighted by molar-refractivity contribution is 7.09. The highest BCUT2D eigenvalue weighted by Gasteiger charge is 2.23. The Morgan fingerprint density at radius 1 is 1.09 bits per heavy atom. The largest absolute Gasteiger partial charge is 0.487 e. The van der Waals surface area contributed by atoms with E-state index in [2.05, 4.69) is 63.6 Å². The lowest BCUT2D eigenvalue weighted by molar-refractivity contribution is 0.302. The Morgan fingerprint density at radius 3 is 2.72 bits per heavy atom. The lowest BCUT2D eigenvalue weighted by atomic mass is 9.92. The fourth-order valence-electron chi connectivity index (χ4n) is 4.30. The molecule has 6 heteroatoms. The molecule has 2 aromatic carbocycles. The van der Waals surface area contributed by atoms with E-state index in [1.54, 1.807) is 11.3 Å². The number of aromatic nitrogens is 3. The molecule has 1 atom stereocenters. The number of benzene rings is 2. The van der Waals surface area contributed by atoms with Crippen LogP contribution >= 0.6 is 11.3 Å². The molecule has 4 aromatic rings. The second kappa shape index (κ2) is 9.67. The molecule has 0 saturated heterocycles. The summed E-state index contributed by atoms with van der Waals surface area (Å²) in [6.45, 7) is 4.20. The first-order valence-electron chi connectivity index (χ1n) is 11.2. The van der Waals surface area contributed by atoms with Crippen LogP contribution in [0.15, 0.2) is 66.2 Å². The van der Waals surface area contributed by atoms with Gasteiger partial charge in [0.1, 0.15) is 12.4 Å². The predicted octanol–water partition coefficient (Wildman–Crippen LogP) is 5.44. The van der Waals surface area contributed by atoms with Crippen molar-refractivity contribution in [1.29, 1.82) is 0 Å². The molecule has 2 aromatic heterocycles. The second-order valence-electron chi connectivity index (χ2n) is 8.31. The molecule has 32 heavy (non-hydrogen) atoms. The van der Waals surface area contributed by atoms with Crippen LogP contribution in [-0.2, 0) is 26.1 Å². The highest BCUT2D eigenvalue weighted by atomic mass is 32.1. The van der Waals surface area contributed by atoms with Gasteiger partial charge in [-0.15, -0.1) is 11.3 Å². The first-order chi connectivity index (χ1) is 15.7. The van der Waals surface area contributed by atoms with E-state index < -0.39 is 0 Å². The Hall–Kier alpha value is -2.96. The molecule has 1 aliphatic carbocycles. The minimum Gasteiger partial charge on any atom is -0.487 e. The van der Waals surface area contributed by atoms with Crippen molar-refractivity contribution in [1.82, 2.24) is 20.1 Å². The van der Waals surface area contributed by atoms with Crippen LogP contribution in [0.2, 0.25) is 0 Å². The highest BCUT2D eigenvalue weighted by Crippen LogP contribution is 2.30. The third-order valence-electron chi connectivity index (χ3n) is 5.97. The van der Waals surface area contributed by atoms with Gasteiger partial charge < -0.3 is 10.1 Å². The summed E-state index contributed by atoms with van der Waals surface area (Å²) in [5.74, 6) is 0.876. The molecule has 0 spiro atoms. The number of fused-ring (bicyclic) bond motifs is 1. The number of aryl methyl sites for hydroxylation is 1. The van der Waals surface area contributed by atoms with Crippen LogP contribution in [0.25, 0.3) is 0 Å². The number of nitrogens with one attached hydrogen (secondary N) is 1. The molecule has 0 radical (unpaired) electrons. The van der Waals surface area contributed by atoms with E-state index >= 15 is 0 Å². The molecule has 2 heterocycles. The van der Waals surface area contributed by atoms with Crippen molar-refractivity contribution in [3.8, 4) is 5.75 Å². The fraction of sp³-hybridized carbons (Fsp3) is 0.308. The Kier molecular flexibility index (Phi) is 6.32. The van der Waals surface area contributed by atoms with E-state index in [9.17, 15) is 0 Å². The number of hydrogen-bond acceptors (Lipinski definition) is 5. The molecule has 5 rings (SSSR count). The number of hydrogen-bond donors (Lipinski definition) is 1. The maximum Gasteiger partial charge on any atom is 0.131 e. The van der Waals surface area contributed by atoms with Crippen molar-refractivity contribution >= 4 is 11.3 Å². The molecule has 164 valence electrons. The molecule has 5 nitrogen and oxygen atoms in total. The SMILES string of the molecule is Cc1nc(COc2ccc(CNC3CCCc4c3cnn4Cc3ccccc3)cc2)cs1. The van der Waals surface area contributed by atoms with Crippen molar-refractivity contribution in [3.05, 3.63) is 99.3 Å². The summed E-state index contributed by atoms with van der Waals surface area (Å²) in [6.07, 6.45) is 5.50. The summed E-state index contributed by atoms with van der Waals surface area (Å²) in [5, 5.41) is 11.6. The van der Waals surface area contributed by atoms with Crippen molar-refractivity contribution in [3.63, 3.8) is 0 Å². The van der Waals surface area contributed by atoms with Gasteiger partial charge >= 0.3 is 0 Å². The molecule has 1 N–H and O–H groups in total. The summed E-state index contributed by atoms with van der Waals surface area (Å²) < 4.78 is 8.04. The normalized spacial score (nSPS) is 15.5. The monoisotopic (exact) mass is 444 g/mol. The Bertz CT molecular complexity index is 1150. The molecule has 1 aliphatic rings. The maximum absolute atomic E-state index is 5.87. The van der Waals surface area contributed by atoms with Crippen LogP contribution in [-0.4, -0.2) is 14.8 Å². The van der Waals surface area contributed by atoms with Gasteiger partial charge in [0.2, 0.25) is 0 Å².